The molecule has 4 nitrogen and oxygen atoms in total. The highest BCUT2D eigenvalue weighted by molar-refractivity contribution is 6.28. The van der Waals surface area contributed by atoms with Gasteiger partial charge >= 0.3 is 0 Å². The Morgan fingerprint density at radius 1 is 0.622 bits per heavy atom. The van der Waals surface area contributed by atoms with Gasteiger partial charge in [-0.2, -0.15) is 0 Å². The molecule has 0 atom stereocenters. The van der Waals surface area contributed by atoms with Gasteiger partial charge in [0.15, 0.2) is 5.78 Å². The lowest BCUT2D eigenvalue weighted by atomic mass is 10.0. The van der Waals surface area contributed by atoms with Crippen molar-refractivity contribution in [1.82, 2.24) is 0 Å². The van der Waals surface area contributed by atoms with Crippen LogP contribution in [0.1, 0.15) is 65.6 Å². The van der Waals surface area contributed by atoms with Crippen molar-refractivity contribution < 1.29 is 14.4 Å². The first-order chi connectivity index (χ1) is 18.1. The van der Waals surface area contributed by atoms with Crippen LogP contribution in [-0.2, 0) is 22.4 Å². The van der Waals surface area contributed by atoms with E-state index in [1.807, 2.05) is 60.7 Å². The number of amides is 2. The Balaban J connectivity index is 1.07. The summed E-state index contributed by atoms with van der Waals surface area (Å²) in [5.74, 6) is -0.536. The second kappa shape index (κ2) is 13.3. The van der Waals surface area contributed by atoms with Gasteiger partial charge in [-0.25, -0.2) is 4.90 Å². The molecule has 0 aromatic heterocycles. The number of hydrogen-bond donors (Lipinski definition) is 0. The number of unbranched alkanes of at least 4 members (excludes halogenated alkanes) is 5. The number of imide groups is 1. The van der Waals surface area contributed by atoms with Gasteiger partial charge in [-0.05, 0) is 60.6 Å². The Bertz CT molecular complexity index is 1240. The first kappa shape index (κ1) is 26.0. The van der Waals surface area contributed by atoms with Crippen LogP contribution < -0.4 is 4.90 Å². The quantitative estimate of drug-likeness (QED) is 0.111. The van der Waals surface area contributed by atoms with Gasteiger partial charge in [0, 0.05) is 17.7 Å². The summed E-state index contributed by atoms with van der Waals surface area (Å²) < 4.78 is 0. The van der Waals surface area contributed by atoms with E-state index in [2.05, 4.69) is 24.3 Å². The van der Waals surface area contributed by atoms with Crippen molar-refractivity contribution in [1.29, 1.82) is 0 Å². The summed E-state index contributed by atoms with van der Waals surface area (Å²) >= 11 is 0. The smallest absolute Gasteiger partial charge is 0.258 e. The van der Waals surface area contributed by atoms with E-state index in [1.165, 1.54) is 60.3 Å². The summed E-state index contributed by atoms with van der Waals surface area (Å²) in [7, 11) is 0. The van der Waals surface area contributed by atoms with Crippen LogP contribution in [-0.4, -0.2) is 17.6 Å². The Morgan fingerprint density at radius 3 is 1.70 bits per heavy atom. The molecule has 37 heavy (non-hydrogen) atoms. The fourth-order valence-corrected chi connectivity index (χ4v) is 4.50. The van der Waals surface area contributed by atoms with E-state index in [4.69, 9.17) is 0 Å². The van der Waals surface area contributed by atoms with Gasteiger partial charge < -0.3 is 0 Å². The van der Waals surface area contributed by atoms with E-state index in [0.717, 1.165) is 24.8 Å². The van der Waals surface area contributed by atoms with Crippen LogP contribution in [0.5, 0.6) is 0 Å². The molecular formula is C33H33NO3. The molecule has 1 aliphatic rings. The maximum absolute atomic E-state index is 12.2. The molecular weight excluding hydrogens is 458 g/mol. The predicted octanol–water partition coefficient (Wildman–Crippen LogP) is 7.14. The van der Waals surface area contributed by atoms with Gasteiger partial charge in [-0.15, -0.1) is 0 Å². The minimum absolute atomic E-state index is 0.0215. The fourth-order valence-electron chi connectivity index (χ4n) is 4.50. The van der Waals surface area contributed by atoms with Crippen LogP contribution in [0, 0.1) is 0 Å². The van der Waals surface area contributed by atoms with E-state index in [0.29, 0.717) is 11.3 Å². The van der Waals surface area contributed by atoms with Crippen LogP contribution in [0.4, 0.5) is 5.69 Å². The summed E-state index contributed by atoms with van der Waals surface area (Å²) in [4.78, 5) is 36.9. The summed E-state index contributed by atoms with van der Waals surface area (Å²) in [5, 5.41) is 0. The zero-order valence-corrected chi connectivity index (χ0v) is 21.1. The molecule has 188 valence electrons. The fraction of sp³-hybridized carbons (Fsp3) is 0.242. The highest BCUT2D eigenvalue weighted by atomic mass is 16.2. The summed E-state index contributed by atoms with van der Waals surface area (Å²) in [6.07, 6.45) is 15.5. The summed E-state index contributed by atoms with van der Waals surface area (Å²) in [5.41, 5.74) is 4.95. The first-order valence-corrected chi connectivity index (χ1v) is 13.1. The van der Waals surface area contributed by atoms with Gasteiger partial charge in [-0.3, -0.25) is 14.4 Å². The maximum Gasteiger partial charge on any atom is 0.258 e. The standard InChI is InChI=1S/C33H33NO3/c35-31(29-12-8-5-9-13-29)23-20-28-16-14-26(15-17-28)10-6-3-1-2-4-7-11-27-18-21-30(22-19-27)34-32(36)24-25-33(34)37/h5,8-9,12-25H,1-4,6-7,10-11H2. The number of hydrogen-bond acceptors (Lipinski definition) is 3. The van der Waals surface area contributed by atoms with E-state index >= 15 is 0 Å². The molecule has 0 unspecified atom stereocenters. The minimum atomic E-state index is -0.279. The molecule has 2 amide bonds. The largest absolute Gasteiger partial charge is 0.289 e. The predicted molar refractivity (Wildman–Crippen MR) is 149 cm³/mol. The molecule has 3 aromatic carbocycles. The number of benzene rings is 3. The monoisotopic (exact) mass is 491 g/mol. The van der Waals surface area contributed by atoms with E-state index in [-0.39, 0.29) is 17.6 Å². The third-order valence-electron chi connectivity index (χ3n) is 6.65. The Kier molecular flexibility index (Phi) is 9.36. The number of ketones is 1. The second-order valence-electron chi connectivity index (χ2n) is 9.44. The molecule has 0 bridgehead atoms. The number of carbonyl (C=O) groups excluding carboxylic acids is 3. The number of allylic oxidation sites excluding steroid dienone is 1. The molecule has 3 aromatic rings. The highest BCUT2D eigenvalue weighted by Crippen LogP contribution is 2.20. The molecule has 4 rings (SSSR count). The third kappa shape index (κ3) is 7.71. The highest BCUT2D eigenvalue weighted by Gasteiger charge is 2.24. The normalized spacial score (nSPS) is 13.1. The van der Waals surface area contributed by atoms with Gasteiger partial charge in [0.1, 0.15) is 0 Å². The average molecular weight is 492 g/mol. The lowest BCUT2D eigenvalue weighted by Crippen LogP contribution is -2.29. The number of anilines is 1. The topological polar surface area (TPSA) is 54.5 Å². The van der Waals surface area contributed by atoms with Gasteiger partial charge in [0.2, 0.25) is 0 Å². The molecule has 4 heteroatoms. The van der Waals surface area contributed by atoms with Gasteiger partial charge in [0.25, 0.3) is 11.8 Å². The average Bonchev–Trinajstić information content (AvgIpc) is 3.27. The van der Waals surface area contributed by atoms with E-state index in [9.17, 15) is 14.4 Å². The van der Waals surface area contributed by atoms with E-state index in [1.54, 1.807) is 6.08 Å². The van der Waals surface area contributed by atoms with Crippen LogP contribution in [0.15, 0.2) is 97.1 Å². The van der Waals surface area contributed by atoms with Crippen LogP contribution in [0.2, 0.25) is 0 Å². The van der Waals surface area contributed by atoms with Crippen molar-refractivity contribution in [3.05, 3.63) is 119 Å². The van der Waals surface area contributed by atoms with Crippen molar-refractivity contribution >= 4 is 29.4 Å². The maximum atomic E-state index is 12.2. The number of aryl methyl sites for hydroxylation is 2. The van der Waals surface area contributed by atoms with Gasteiger partial charge in [-0.1, -0.05) is 98.5 Å². The third-order valence-corrected chi connectivity index (χ3v) is 6.65. The molecule has 0 saturated carbocycles. The zero-order chi connectivity index (χ0) is 25.9. The van der Waals surface area contributed by atoms with Crippen LogP contribution in [0.3, 0.4) is 0 Å². The number of rotatable bonds is 13. The van der Waals surface area contributed by atoms with Crippen molar-refractivity contribution in [2.75, 3.05) is 4.90 Å². The zero-order valence-electron chi connectivity index (χ0n) is 21.1. The van der Waals surface area contributed by atoms with E-state index < -0.39 is 0 Å². The molecule has 1 heterocycles. The molecule has 0 fully saturated rings. The van der Waals surface area contributed by atoms with Crippen molar-refractivity contribution in [2.24, 2.45) is 0 Å². The molecule has 0 spiro atoms. The molecule has 0 saturated heterocycles. The summed E-state index contributed by atoms with van der Waals surface area (Å²) in [6, 6.07) is 25.5. The Hall–Kier alpha value is -4.05. The Labute approximate surface area is 219 Å². The number of nitrogens with zero attached hydrogens (tertiary/aromatic N) is 1. The van der Waals surface area contributed by atoms with Crippen LogP contribution in [0.25, 0.3) is 6.08 Å². The van der Waals surface area contributed by atoms with Crippen molar-refractivity contribution in [3.8, 4) is 0 Å². The minimum Gasteiger partial charge on any atom is -0.289 e. The molecule has 1 aliphatic heterocycles. The van der Waals surface area contributed by atoms with Crippen LogP contribution >= 0.6 is 0 Å². The molecule has 0 aliphatic carbocycles. The van der Waals surface area contributed by atoms with Gasteiger partial charge in [0.05, 0.1) is 5.69 Å². The van der Waals surface area contributed by atoms with Crippen molar-refractivity contribution in [2.45, 2.75) is 51.4 Å². The SMILES string of the molecule is O=C(C=Cc1ccc(CCCCCCCCc2ccc(N3C(=O)C=CC3=O)cc2)cc1)c1ccccc1. The second-order valence-corrected chi connectivity index (χ2v) is 9.44. The number of carbonyl (C=O) groups is 3. The lowest BCUT2D eigenvalue weighted by molar-refractivity contribution is -0.119. The lowest BCUT2D eigenvalue weighted by Gasteiger charge is -2.14. The molecule has 0 N–H and O–H groups in total. The summed E-state index contributed by atoms with van der Waals surface area (Å²) in [6.45, 7) is 0. The Morgan fingerprint density at radius 2 is 1.14 bits per heavy atom. The first-order valence-electron chi connectivity index (χ1n) is 13.1. The van der Waals surface area contributed by atoms with Crippen molar-refractivity contribution in [3.63, 3.8) is 0 Å². The molecule has 0 radical (unpaired) electrons.